The predicted octanol–water partition coefficient (Wildman–Crippen LogP) is -14.3. The zero-order valence-corrected chi connectivity index (χ0v) is 72.6. The molecule has 0 amide bonds. The van der Waals surface area contributed by atoms with Gasteiger partial charge in [-0.2, -0.15) is 0 Å². The van der Waals surface area contributed by atoms with E-state index in [-0.39, 0.29) is 48.6 Å². The summed E-state index contributed by atoms with van der Waals surface area (Å²) in [5.41, 5.74) is 0. The normalized spacial score (nSPS) is 48.9. The van der Waals surface area contributed by atoms with Crippen molar-refractivity contribution in [2.75, 3.05) is 66.1 Å². The molecule has 49 heteroatoms. The van der Waals surface area contributed by atoms with Gasteiger partial charge in [0.25, 0.3) is 11.6 Å². The average molecular weight is 1860 g/mol. The molecule has 0 radical (unpaired) electrons. The maximum absolute atomic E-state index is 12.3. The molecule has 10 saturated heterocycles. The molecule has 0 aromatic rings. The second-order valence-electron chi connectivity index (χ2n) is 34.7. The minimum Gasteiger partial charge on any atom is -0.477 e. The van der Waals surface area contributed by atoms with E-state index in [1.807, 2.05) is 13.8 Å². The predicted molar refractivity (Wildman–Crippen MR) is 417 cm³/mol. The Morgan fingerprint density at radius 3 is 0.772 bits per heavy atom. The van der Waals surface area contributed by atoms with E-state index >= 15 is 0 Å². The number of rotatable bonds is 26. The van der Waals surface area contributed by atoms with Crippen LogP contribution in [0, 0.1) is 41.4 Å². The molecular formula is C78H142O49. The summed E-state index contributed by atoms with van der Waals surface area (Å²) in [6.45, 7) is 14.8. The number of aliphatic hydroxyl groups excluding tert-OH is 30. The minimum atomic E-state index is -2.52. The molecule has 52 atom stereocenters. The van der Waals surface area contributed by atoms with E-state index in [9.17, 15) is 163 Å². The van der Waals surface area contributed by atoms with E-state index in [0.29, 0.717) is 0 Å². The summed E-state index contributed by atoms with van der Waals surface area (Å²) in [6.07, 6.45) is -52.1. The van der Waals surface area contributed by atoms with Crippen LogP contribution < -0.4 is 0 Å². The Labute approximate surface area is 731 Å². The summed E-state index contributed by atoms with van der Waals surface area (Å²) in [7, 11) is 0. The van der Waals surface area contributed by atoms with E-state index in [4.69, 9.17) is 81.3 Å². The van der Waals surface area contributed by atoms with Crippen LogP contribution in [0.15, 0.2) is 0 Å². The summed E-state index contributed by atoms with van der Waals surface area (Å²) < 4.78 is 82.8. The molecule has 48 unspecified atom stereocenters. The molecule has 49 nitrogen and oxygen atoms in total. The second-order valence-corrected chi connectivity index (χ2v) is 34.7. The Kier molecular flexibility index (Phi) is 44.2. The zero-order chi connectivity index (χ0) is 96.1. The Bertz CT molecular complexity index is 3110. The molecule has 0 aliphatic carbocycles. The summed E-state index contributed by atoms with van der Waals surface area (Å²) in [5.74, 6) is -11.3. The van der Waals surface area contributed by atoms with Crippen LogP contribution in [0.2, 0.25) is 0 Å². The van der Waals surface area contributed by atoms with E-state index in [1.54, 1.807) is 55.4 Å². The van der Waals surface area contributed by atoms with Crippen LogP contribution >= 0.6 is 0 Å². The van der Waals surface area contributed by atoms with Crippen LogP contribution in [-0.4, -0.2) is 516 Å². The minimum absolute atomic E-state index is 0.0946. The van der Waals surface area contributed by atoms with Crippen molar-refractivity contribution in [2.45, 2.75) is 371 Å². The second kappa shape index (κ2) is 49.8. The van der Waals surface area contributed by atoms with Gasteiger partial charge in [-0.05, 0) is 34.6 Å². The van der Waals surface area contributed by atoms with Gasteiger partial charge in [-0.15, -0.1) is 0 Å². The summed E-state index contributed by atoms with van der Waals surface area (Å²) in [5, 5.41) is 315. The SMILES string of the molecule is CC1OC(CO)C(O)C(O)C1C.CC1OC(CO)C(O)C(OC2OC(CO)C(O)C(O)C2O)C1C.CC1OC(CO)C(O)C(OC2OC(CO)C(O)C(O)C2O)C1C.CC1OC(COC2(C(=O)O)CC(O)C(C)C([C@H](O)[C@H](O)CO)O2)C(O)C(O)C1C.CC1OC(COC2(C(=O)O)CC(O)C(C)C([C@H](O)[C@H](O)CO)O2)C(O)C(OC2OC(CO)C(O)C(O)C2O)C1C. The molecule has 0 aromatic carbocycles. The maximum Gasteiger partial charge on any atom is 0.364 e. The first-order valence-corrected chi connectivity index (χ1v) is 42.5. The Hall–Kier alpha value is -2.86. The topological polar surface area (TPSA) is 820 Å². The van der Waals surface area contributed by atoms with Gasteiger partial charge >= 0.3 is 11.9 Å². The van der Waals surface area contributed by atoms with E-state index in [0.717, 1.165) is 0 Å². The van der Waals surface area contributed by atoms with Crippen LogP contribution in [0.25, 0.3) is 0 Å². The number of carbonyl (C=O) groups is 2. The zero-order valence-electron chi connectivity index (χ0n) is 72.6. The highest BCUT2D eigenvalue weighted by Crippen LogP contribution is 2.42. The number of carboxylic acids is 2. The lowest BCUT2D eigenvalue weighted by atomic mass is 9.84. The Morgan fingerprint density at radius 2 is 0.512 bits per heavy atom. The number of hydrogen-bond donors (Lipinski definition) is 32. The molecule has 10 heterocycles. The quantitative estimate of drug-likeness (QED) is 0.0382. The van der Waals surface area contributed by atoms with Gasteiger partial charge in [0.15, 0.2) is 18.9 Å². The van der Waals surface area contributed by atoms with Crippen molar-refractivity contribution in [3.8, 4) is 0 Å². The van der Waals surface area contributed by atoms with Crippen molar-refractivity contribution < 1.29 is 244 Å². The molecule has 32 N–H and O–H groups in total. The van der Waals surface area contributed by atoms with E-state index in [2.05, 4.69) is 0 Å². The Balaban J connectivity index is 0.000000255. The van der Waals surface area contributed by atoms with Crippen molar-refractivity contribution in [1.29, 1.82) is 0 Å². The molecule has 10 aliphatic rings. The molecule has 127 heavy (non-hydrogen) atoms. The maximum atomic E-state index is 12.3. The molecule has 10 fully saturated rings. The fourth-order valence-corrected chi connectivity index (χ4v) is 16.3. The van der Waals surface area contributed by atoms with Gasteiger partial charge in [-0.1, -0.05) is 48.5 Å². The molecule has 10 rings (SSSR count). The standard InChI is InChI=1S/C24H42O16.C18H32O11.2C14H26O9.C8H16O4/c1-8-10(3)37-14(17(31)20(8)39-22-19(33)18(32)16(30)13(6-26)38-22)7-36-24(23(34)35)4-11(27)9(2)21(40-24)15(29)12(28)5-25;1-7-9(3)28-12(15(24)13(7)22)6-27-18(17(25)26)4-10(20)8(2)16(29-18)14(23)11(21)5-19;2*1-5-6(2)21-8(4-16)10(18)13(5)23-14-12(20)11(19)9(17)7(3-15)22-14;1-4-5(2)12-6(3-9)8(11)7(4)10/h8-22,25-33H,4-7H2,1-3H3,(H,34,35);7-16,19-24H,4-6H2,1-3H3,(H,25,26);2*5-20H,3-4H2,1-2H3;4-11H,3H2,1-2H3/t8?,9?,10?,11?,12-,13?,14?,15-,16?,17?,18?,19?,20?,21?,22?,24?;7?,8?,9?,10?,11-,12?,13?,14-,15?,16?,18?;;;/m11.../s1. The molecular weight excluding hydrogens is 1720 g/mol. The third-order valence-electron chi connectivity index (χ3n) is 26.2. The number of aliphatic carboxylic acids is 2. The first kappa shape index (κ1) is 113. The van der Waals surface area contributed by atoms with E-state index < -0.39 is 358 Å². The van der Waals surface area contributed by atoms with Gasteiger partial charge in [0.05, 0.1) is 152 Å². The summed E-state index contributed by atoms with van der Waals surface area (Å²) in [4.78, 5) is 24.3. The van der Waals surface area contributed by atoms with Gasteiger partial charge in [-0.3, -0.25) is 0 Å². The van der Waals surface area contributed by atoms with E-state index in [1.165, 1.54) is 13.8 Å². The van der Waals surface area contributed by atoms with Crippen LogP contribution in [-0.2, 0) is 80.6 Å². The fraction of sp³-hybridized carbons (Fsp3) is 0.974. The van der Waals surface area contributed by atoms with Gasteiger partial charge < -0.3 is 234 Å². The van der Waals surface area contributed by atoms with Crippen LogP contribution in [0.1, 0.15) is 95.9 Å². The number of ether oxygens (including phenoxy) is 15. The van der Waals surface area contributed by atoms with Gasteiger partial charge in [0.2, 0.25) is 0 Å². The molecule has 0 saturated carbocycles. The Morgan fingerprint density at radius 1 is 0.291 bits per heavy atom. The molecule has 748 valence electrons. The van der Waals surface area contributed by atoms with Crippen molar-refractivity contribution >= 4 is 11.9 Å². The highest BCUT2D eigenvalue weighted by molar-refractivity contribution is 5.76. The number of hydrogen-bond acceptors (Lipinski definition) is 47. The van der Waals surface area contributed by atoms with Gasteiger partial charge in [0.1, 0.15) is 159 Å². The third kappa shape index (κ3) is 26.5. The van der Waals surface area contributed by atoms with Crippen molar-refractivity contribution in [3.63, 3.8) is 0 Å². The largest absolute Gasteiger partial charge is 0.477 e. The number of aliphatic hydroxyl groups is 30. The summed E-state index contributed by atoms with van der Waals surface area (Å²) in [6, 6.07) is 0. The number of carboxylic acid groups (broad SMARTS) is 2. The van der Waals surface area contributed by atoms with Crippen molar-refractivity contribution in [2.24, 2.45) is 41.4 Å². The first-order valence-electron chi connectivity index (χ1n) is 42.5. The molecule has 0 aromatic heterocycles. The monoisotopic (exact) mass is 1860 g/mol. The van der Waals surface area contributed by atoms with Gasteiger partial charge in [-0.25, -0.2) is 9.59 Å². The van der Waals surface area contributed by atoms with Crippen LogP contribution in [0.5, 0.6) is 0 Å². The van der Waals surface area contributed by atoms with Crippen LogP contribution in [0.3, 0.4) is 0 Å². The van der Waals surface area contributed by atoms with Gasteiger partial charge in [0, 0.05) is 54.3 Å². The average Bonchev–Trinajstić information content (AvgIpc) is 0.769. The first-order chi connectivity index (χ1) is 59.3. The van der Waals surface area contributed by atoms with Crippen LogP contribution in [0.4, 0.5) is 0 Å². The lowest BCUT2D eigenvalue weighted by Gasteiger charge is -2.48. The molecule has 10 aliphatic heterocycles. The lowest BCUT2D eigenvalue weighted by Crippen LogP contribution is -2.64. The highest BCUT2D eigenvalue weighted by Gasteiger charge is 2.60. The smallest absolute Gasteiger partial charge is 0.364 e. The fourth-order valence-electron chi connectivity index (χ4n) is 16.3. The molecule has 0 bridgehead atoms. The summed E-state index contributed by atoms with van der Waals surface area (Å²) >= 11 is 0. The van der Waals surface area contributed by atoms with Crippen molar-refractivity contribution in [3.05, 3.63) is 0 Å². The molecule has 0 spiro atoms. The van der Waals surface area contributed by atoms with Crippen molar-refractivity contribution in [1.82, 2.24) is 0 Å². The highest BCUT2D eigenvalue weighted by atomic mass is 16.8. The third-order valence-corrected chi connectivity index (χ3v) is 26.2. The lowest BCUT2D eigenvalue weighted by molar-refractivity contribution is -0.345.